The van der Waals surface area contributed by atoms with E-state index in [1.54, 1.807) is 10.9 Å². The fourth-order valence-corrected chi connectivity index (χ4v) is 1.32. The molecule has 0 bridgehead atoms. The molecule has 0 fully saturated rings. The van der Waals surface area contributed by atoms with Crippen molar-refractivity contribution in [2.24, 2.45) is 0 Å². The Hall–Kier alpha value is -1.39. The van der Waals surface area contributed by atoms with E-state index in [0.29, 0.717) is 6.42 Å². The van der Waals surface area contributed by atoms with Crippen LogP contribution in [-0.4, -0.2) is 27.4 Å². The quantitative estimate of drug-likeness (QED) is 0.786. The normalized spacial score (nSPS) is 10.7. The lowest BCUT2D eigenvalue weighted by molar-refractivity contribution is -0.120. The minimum absolute atomic E-state index is 0.0288. The highest BCUT2D eigenvalue weighted by atomic mass is 16.1. The van der Waals surface area contributed by atoms with E-state index < -0.39 is 0 Å². The van der Waals surface area contributed by atoms with Crippen LogP contribution in [0.1, 0.15) is 38.9 Å². The molecule has 1 rings (SSSR count). The molecule has 1 aromatic rings. The average Bonchev–Trinajstić information content (AvgIpc) is 2.62. The molecule has 0 spiro atoms. The molecule has 5 nitrogen and oxygen atoms in total. The van der Waals surface area contributed by atoms with Crippen molar-refractivity contribution in [3.8, 4) is 0 Å². The molecule has 0 radical (unpaired) electrons. The third-order valence-corrected chi connectivity index (χ3v) is 2.05. The Balaban J connectivity index is 2.56. The summed E-state index contributed by atoms with van der Waals surface area (Å²) < 4.78 is 1.77. The Morgan fingerprint density at radius 1 is 1.60 bits per heavy atom. The molecule has 0 aromatic carbocycles. The van der Waals surface area contributed by atoms with Crippen LogP contribution in [0.2, 0.25) is 0 Å². The third-order valence-electron chi connectivity index (χ3n) is 2.05. The minimum Gasteiger partial charge on any atom is -0.356 e. The van der Waals surface area contributed by atoms with Gasteiger partial charge >= 0.3 is 0 Å². The van der Waals surface area contributed by atoms with Crippen LogP contribution >= 0.6 is 0 Å². The van der Waals surface area contributed by atoms with Crippen molar-refractivity contribution in [3.63, 3.8) is 0 Å². The SMILES string of the molecule is CCCNC(=O)Cc1cnnn1C(C)C. The van der Waals surface area contributed by atoms with Crippen molar-refractivity contribution in [2.45, 2.75) is 39.7 Å². The van der Waals surface area contributed by atoms with Gasteiger partial charge in [0, 0.05) is 12.6 Å². The first kappa shape index (κ1) is 11.7. The van der Waals surface area contributed by atoms with E-state index in [0.717, 1.165) is 18.7 Å². The molecule has 0 saturated carbocycles. The van der Waals surface area contributed by atoms with Gasteiger partial charge in [-0.15, -0.1) is 5.10 Å². The van der Waals surface area contributed by atoms with Gasteiger partial charge in [0.1, 0.15) is 0 Å². The third kappa shape index (κ3) is 3.34. The maximum atomic E-state index is 11.5. The highest BCUT2D eigenvalue weighted by Gasteiger charge is 2.10. The zero-order chi connectivity index (χ0) is 11.3. The molecule has 0 unspecified atom stereocenters. The first-order chi connectivity index (χ1) is 7.15. The van der Waals surface area contributed by atoms with Crippen LogP contribution in [0, 0.1) is 0 Å². The number of nitrogens with one attached hydrogen (secondary N) is 1. The van der Waals surface area contributed by atoms with Gasteiger partial charge in [-0.1, -0.05) is 12.1 Å². The predicted octanol–water partition coefficient (Wildman–Crippen LogP) is 0.928. The monoisotopic (exact) mass is 210 g/mol. The number of rotatable bonds is 5. The van der Waals surface area contributed by atoms with Crippen molar-refractivity contribution >= 4 is 5.91 Å². The summed E-state index contributed by atoms with van der Waals surface area (Å²) in [4.78, 5) is 11.5. The Morgan fingerprint density at radius 2 is 2.33 bits per heavy atom. The van der Waals surface area contributed by atoms with Crippen molar-refractivity contribution in [2.75, 3.05) is 6.54 Å². The Morgan fingerprint density at radius 3 is 2.93 bits per heavy atom. The smallest absolute Gasteiger partial charge is 0.226 e. The van der Waals surface area contributed by atoms with Crippen LogP contribution in [-0.2, 0) is 11.2 Å². The van der Waals surface area contributed by atoms with Gasteiger partial charge in [-0.2, -0.15) is 0 Å². The fourth-order valence-electron chi connectivity index (χ4n) is 1.32. The number of hydrogen-bond donors (Lipinski definition) is 1. The summed E-state index contributed by atoms with van der Waals surface area (Å²) in [5.74, 6) is 0.0288. The second-order valence-electron chi connectivity index (χ2n) is 3.79. The van der Waals surface area contributed by atoms with Crippen molar-refractivity contribution in [3.05, 3.63) is 11.9 Å². The summed E-state index contributed by atoms with van der Waals surface area (Å²) in [7, 11) is 0. The van der Waals surface area contributed by atoms with Crippen LogP contribution in [0.25, 0.3) is 0 Å². The van der Waals surface area contributed by atoms with E-state index in [4.69, 9.17) is 0 Å². The van der Waals surface area contributed by atoms with E-state index >= 15 is 0 Å². The largest absolute Gasteiger partial charge is 0.356 e. The highest BCUT2D eigenvalue weighted by Crippen LogP contribution is 2.06. The van der Waals surface area contributed by atoms with Crippen molar-refractivity contribution < 1.29 is 4.79 Å². The summed E-state index contributed by atoms with van der Waals surface area (Å²) in [6, 6.07) is 0.237. The second-order valence-corrected chi connectivity index (χ2v) is 3.79. The second kappa shape index (κ2) is 5.48. The Kier molecular flexibility index (Phi) is 4.27. The van der Waals surface area contributed by atoms with Gasteiger partial charge < -0.3 is 5.32 Å². The van der Waals surface area contributed by atoms with Gasteiger partial charge in [-0.3, -0.25) is 4.79 Å². The predicted molar refractivity (Wildman–Crippen MR) is 57.4 cm³/mol. The molecule has 1 aromatic heterocycles. The fraction of sp³-hybridized carbons (Fsp3) is 0.700. The number of amides is 1. The Bertz CT molecular complexity index is 319. The average molecular weight is 210 g/mol. The van der Waals surface area contributed by atoms with Crippen LogP contribution in [0.4, 0.5) is 0 Å². The molecule has 0 aliphatic heterocycles. The van der Waals surface area contributed by atoms with Gasteiger partial charge in [-0.05, 0) is 20.3 Å². The van der Waals surface area contributed by atoms with Gasteiger partial charge in [-0.25, -0.2) is 4.68 Å². The zero-order valence-corrected chi connectivity index (χ0v) is 9.53. The van der Waals surface area contributed by atoms with Crippen LogP contribution in [0.15, 0.2) is 6.20 Å². The molecule has 5 heteroatoms. The molecular formula is C10H18N4O. The summed E-state index contributed by atoms with van der Waals surface area (Å²) in [6.07, 6.45) is 2.95. The first-order valence-corrected chi connectivity index (χ1v) is 5.31. The Labute approximate surface area is 89.9 Å². The molecule has 1 N–H and O–H groups in total. The summed E-state index contributed by atoms with van der Waals surface area (Å²) >= 11 is 0. The van der Waals surface area contributed by atoms with Gasteiger partial charge in [0.2, 0.25) is 5.91 Å². The lowest BCUT2D eigenvalue weighted by Crippen LogP contribution is -2.27. The lowest BCUT2D eigenvalue weighted by atomic mass is 10.3. The van der Waals surface area contributed by atoms with Gasteiger partial charge in [0.25, 0.3) is 0 Å². The molecule has 1 heterocycles. The zero-order valence-electron chi connectivity index (χ0n) is 9.53. The number of nitrogens with zero attached hydrogens (tertiary/aromatic N) is 3. The summed E-state index contributed by atoms with van der Waals surface area (Å²) in [6.45, 7) is 6.78. The number of carbonyl (C=O) groups excluding carboxylic acids is 1. The van der Waals surface area contributed by atoms with E-state index in [1.165, 1.54) is 0 Å². The van der Waals surface area contributed by atoms with E-state index in [-0.39, 0.29) is 11.9 Å². The van der Waals surface area contributed by atoms with Crippen LogP contribution < -0.4 is 5.32 Å². The van der Waals surface area contributed by atoms with Crippen LogP contribution in [0.3, 0.4) is 0 Å². The highest BCUT2D eigenvalue weighted by molar-refractivity contribution is 5.77. The van der Waals surface area contributed by atoms with E-state index in [9.17, 15) is 4.79 Å². The van der Waals surface area contributed by atoms with E-state index in [2.05, 4.69) is 15.6 Å². The standard InChI is InChI=1S/C10H18N4O/c1-4-5-11-10(15)6-9-7-12-13-14(9)8(2)3/h7-8H,4-6H2,1-3H3,(H,11,15). The topological polar surface area (TPSA) is 59.8 Å². The number of carbonyl (C=O) groups is 1. The van der Waals surface area contributed by atoms with Crippen LogP contribution in [0.5, 0.6) is 0 Å². The molecule has 0 aliphatic carbocycles. The maximum absolute atomic E-state index is 11.5. The number of aromatic nitrogens is 3. The first-order valence-electron chi connectivity index (χ1n) is 5.31. The van der Waals surface area contributed by atoms with Crippen molar-refractivity contribution in [1.29, 1.82) is 0 Å². The molecule has 15 heavy (non-hydrogen) atoms. The molecular weight excluding hydrogens is 192 g/mol. The number of hydrogen-bond acceptors (Lipinski definition) is 3. The minimum atomic E-state index is 0.0288. The summed E-state index contributed by atoms with van der Waals surface area (Å²) in [5.41, 5.74) is 0.860. The molecule has 1 amide bonds. The lowest BCUT2D eigenvalue weighted by Gasteiger charge is -2.09. The van der Waals surface area contributed by atoms with Crippen molar-refractivity contribution in [1.82, 2.24) is 20.3 Å². The summed E-state index contributed by atoms with van der Waals surface area (Å²) in [5, 5.41) is 10.6. The molecule has 0 saturated heterocycles. The maximum Gasteiger partial charge on any atom is 0.226 e. The van der Waals surface area contributed by atoms with Gasteiger partial charge in [0.15, 0.2) is 0 Å². The van der Waals surface area contributed by atoms with Gasteiger partial charge in [0.05, 0.1) is 18.3 Å². The van der Waals surface area contributed by atoms with E-state index in [1.807, 2.05) is 20.8 Å². The molecule has 0 aliphatic rings. The molecule has 84 valence electrons. The molecule has 0 atom stereocenters.